The lowest BCUT2D eigenvalue weighted by molar-refractivity contribution is 0.670. The van der Waals surface area contributed by atoms with Crippen LogP contribution < -0.4 is 0 Å². The van der Waals surface area contributed by atoms with Crippen molar-refractivity contribution < 1.29 is 30.5 Å². The van der Waals surface area contributed by atoms with Gasteiger partial charge in [-0.15, -0.1) is 0 Å². The largest absolute Gasteiger partial charge is 0.455 e. The number of fused-ring (bicyclic) bond motifs is 3. The molecule has 0 saturated heterocycles. The fourth-order valence-electron chi connectivity index (χ4n) is 7.51. The van der Waals surface area contributed by atoms with Gasteiger partial charge in [-0.2, -0.15) is 5.26 Å². The zero-order chi connectivity index (χ0) is 60.7. The van der Waals surface area contributed by atoms with Crippen molar-refractivity contribution in [3.63, 3.8) is 0 Å². The van der Waals surface area contributed by atoms with Crippen molar-refractivity contribution in [3.8, 4) is 51.0 Å². The van der Waals surface area contributed by atoms with Crippen LogP contribution in [0.15, 0.2) is 187 Å². The molecule has 0 aliphatic heterocycles. The molecule has 5 nitrogen and oxygen atoms in total. The first-order chi connectivity index (χ1) is 39.3. The van der Waals surface area contributed by atoms with Gasteiger partial charge >= 0.3 is 0 Å². The molecule has 0 aliphatic rings. The lowest BCUT2D eigenvalue weighted by Crippen LogP contribution is -2.02. The molecular formula is C60H48N4O. The topological polar surface area (TPSA) is 75.6 Å². The van der Waals surface area contributed by atoms with E-state index < -0.39 is 90.9 Å². The third-order valence-electron chi connectivity index (χ3n) is 10.7. The van der Waals surface area contributed by atoms with Crippen molar-refractivity contribution in [1.29, 1.82) is 5.26 Å². The van der Waals surface area contributed by atoms with Gasteiger partial charge in [0, 0.05) is 76.3 Å². The minimum absolute atomic E-state index is 0.0270. The van der Waals surface area contributed by atoms with Gasteiger partial charge < -0.3 is 4.42 Å². The molecule has 4 heterocycles. The van der Waals surface area contributed by atoms with Crippen LogP contribution in [-0.2, 0) is 38.2 Å². The maximum absolute atomic E-state index is 10.2. The first-order valence-electron chi connectivity index (χ1n) is 30.0. The van der Waals surface area contributed by atoms with Crippen molar-refractivity contribution >= 4 is 21.9 Å². The highest BCUT2D eigenvalue weighted by molar-refractivity contribution is 6.13. The van der Waals surface area contributed by atoms with E-state index >= 15 is 0 Å². The molecule has 0 aliphatic carbocycles. The molecule has 4 aromatic heterocycles. The van der Waals surface area contributed by atoms with Gasteiger partial charge in [0.05, 0.1) is 30.1 Å². The highest BCUT2D eigenvalue weighted by Gasteiger charge is 2.19. The van der Waals surface area contributed by atoms with Crippen LogP contribution in [0, 0.1) is 25.0 Å². The predicted octanol–water partition coefficient (Wildman–Crippen LogP) is 14.3. The van der Waals surface area contributed by atoms with E-state index in [2.05, 4.69) is 21.0 Å². The van der Waals surface area contributed by atoms with Gasteiger partial charge in [0.15, 0.2) is 0 Å². The van der Waals surface area contributed by atoms with Crippen LogP contribution in [-0.4, -0.2) is 15.0 Å². The minimum atomic E-state index is -3.50. The summed E-state index contributed by atoms with van der Waals surface area (Å²) in [5, 5.41) is 11.3. The van der Waals surface area contributed by atoms with E-state index in [4.69, 9.17) is 14.0 Å². The number of nitriles is 1. The Kier molecular flexibility index (Phi) is 7.02. The summed E-state index contributed by atoms with van der Waals surface area (Å²) < 4.78 is 181. The van der Waals surface area contributed by atoms with Gasteiger partial charge in [-0.1, -0.05) is 127 Å². The first kappa shape index (κ1) is 24.8. The van der Waals surface area contributed by atoms with Crippen molar-refractivity contribution in [2.75, 3.05) is 0 Å². The number of rotatable bonds is 13. The Morgan fingerprint density at radius 3 is 1.57 bits per heavy atom. The molecule has 0 unspecified atom stereocenters. The summed E-state index contributed by atoms with van der Waals surface area (Å²) in [7, 11) is 0. The standard InChI is InChI=1S/C60H48N4O/c1-40-31-56(46-13-6-3-7-14-46)63-38-50(40)26-23-44-33-43(34-45(35-44)24-27-51-39-64-57(32-41(51)2)47-15-8-4-9-16-47)22-21-42-25-30-55(62-37-42)54-20-12-19-52-53-29-28-49(36-61)58(60(53)65-59(52)54)48-17-10-5-11-18-48/h3-20,25,28-35,37-39H,21-24,26-27H2,1-2H3/i1D3,2D3,21D2,22D2,23D2,24D2,26D2,27D2,28D. The van der Waals surface area contributed by atoms with Crippen molar-refractivity contribution in [2.45, 2.75) is 51.9 Å². The van der Waals surface area contributed by atoms with Crippen LogP contribution in [0.5, 0.6) is 0 Å². The zero-order valence-electron chi connectivity index (χ0n) is 53.4. The van der Waals surface area contributed by atoms with E-state index in [1.807, 2.05) is 6.07 Å². The fraction of sp³-hybridized carbons (Fsp3) is 0.133. The summed E-state index contributed by atoms with van der Waals surface area (Å²) in [4.78, 5) is 13.2. The van der Waals surface area contributed by atoms with Crippen LogP contribution in [0.25, 0.3) is 66.8 Å². The number of aromatic nitrogens is 3. The average Bonchev–Trinajstić information content (AvgIpc) is 1.52. The zero-order valence-corrected chi connectivity index (χ0v) is 34.4. The van der Waals surface area contributed by atoms with E-state index in [9.17, 15) is 21.7 Å². The second-order valence-electron chi connectivity index (χ2n) is 15.0. The third-order valence-corrected chi connectivity index (χ3v) is 10.7. The van der Waals surface area contributed by atoms with Gasteiger partial charge in [-0.3, -0.25) is 15.0 Å². The van der Waals surface area contributed by atoms with Gasteiger partial charge in [0.1, 0.15) is 11.2 Å². The van der Waals surface area contributed by atoms with Crippen molar-refractivity contribution in [3.05, 3.63) is 232 Å². The minimum Gasteiger partial charge on any atom is -0.455 e. The Morgan fingerprint density at radius 1 is 0.508 bits per heavy atom. The molecule has 0 N–H and O–H groups in total. The molecular weight excluding hydrogens is 793 g/mol. The van der Waals surface area contributed by atoms with E-state index in [1.54, 1.807) is 103 Å². The smallest absolute Gasteiger partial charge is 0.144 e. The summed E-state index contributed by atoms with van der Waals surface area (Å²) >= 11 is 0. The van der Waals surface area contributed by atoms with Crippen LogP contribution in [0.4, 0.5) is 0 Å². The molecule has 5 heteroatoms. The molecule has 6 aromatic carbocycles. The fourth-order valence-corrected chi connectivity index (χ4v) is 7.51. The monoisotopic (exact) mass is 860 g/mol. The van der Waals surface area contributed by atoms with Gasteiger partial charge in [-0.05, 0) is 138 Å². The molecule has 10 aromatic rings. The number of aryl methyl sites for hydroxylation is 8. The predicted molar refractivity (Wildman–Crippen MR) is 265 cm³/mol. The second kappa shape index (κ2) is 18.4. The number of pyridine rings is 3. The number of nitrogens with zero attached hydrogens (tertiary/aromatic N) is 4. The Hall–Kier alpha value is -7.94. The summed E-state index contributed by atoms with van der Waals surface area (Å²) in [6.45, 7) is -6.15. The molecule has 0 saturated carbocycles. The molecule has 0 atom stereocenters. The van der Waals surface area contributed by atoms with E-state index in [-0.39, 0.29) is 34.3 Å². The Labute approximate surface area is 407 Å². The van der Waals surface area contributed by atoms with Crippen LogP contribution >= 0.6 is 0 Å². The first-order valence-corrected chi connectivity index (χ1v) is 20.5. The highest BCUT2D eigenvalue weighted by atomic mass is 16.3. The second-order valence-corrected chi connectivity index (χ2v) is 15.0. The molecule has 0 spiro atoms. The number of benzene rings is 6. The van der Waals surface area contributed by atoms with E-state index in [1.165, 1.54) is 18.2 Å². The Morgan fingerprint density at radius 2 is 1.03 bits per heavy atom. The average molecular weight is 860 g/mol. The summed E-state index contributed by atoms with van der Waals surface area (Å²) in [6, 6.07) is 41.6. The lowest BCUT2D eigenvalue weighted by Gasteiger charge is -2.13. The van der Waals surface area contributed by atoms with Crippen molar-refractivity contribution in [2.24, 2.45) is 0 Å². The van der Waals surface area contributed by atoms with Gasteiger partial charge in [0.25, 0.3) is 0 Å². The molecule has 0 amide bonds. The number of hydrogen-bond acceptors (Lipinski definition) is 5. The molecule has 0 fully saturated rings. The van der Waals surface area contributed by atoms with Crippen LogP contribution in [0.3, 0.4) is 0 Å². The molecule has 0 bridgehead atoms. The lowest BCUT2D eigenvalue weighted by atomic mass is 9.93. The highest BCUT2D eigenvalue weighted by Crippen LogP contribution is 2.41. The number of hydrogen-bond donors (Lipinski definition) is 0. The molecule has 10 rings (SSSR count). The summed E-state index contributed by atoms with van der Waals surface area (Å²) in [5.74, 6) is 0. The SMILES string of the molecule is [2H]c1cc2c(oc3c(-c4ccc(C([2H])([2H])C([2H])([2H])c5cc(C([2H])([2H])C([2H])([2H])c6cnc(-c7ccccc7)cc6C([2H])([2H])[2H])cc(C([2H])([2H])C([2H])([2H])c6cnc(-c7ccccc7)cc6C([2H])([2H])[2H])c5)cn4)cccc32)c(-c2ccccc2)c1C#N. The van der Waals surface area contributed by atoms with Crippen LogP contribution in [0.1, 0.15) is 76.1 Å². The molecule has 0 radical (unpaired) electrons. The quantitative estimate of drug-likeness (QED) is 0.115. The molecule has 314 valence electrons. The van der Waals surface area contributed by atoms with E-state index in [0.717, 1.165) is 48.9 Å². The summed E-state index contributed by atoms with van der Waals surface area (Å²) in [6.07, 6.45) is -17.6. The Balaban J connectivity index is 1.11. The third kappa shape index (κ3) is 8.85. The summed E-state index contributed by atoms with van der Waals surface area (Å²) in [5.41, 5.74) is -2.17. The van der Waals surface area contributed by atoms with Crippen LogP contribution in [0.2, 0.25) is 0 Å². The normalized spacial score (nSPS) is 17.3. The van der Waals surface area contributed by atoms with E-state index in [0.29, 0.717) is 49.8 Å². The number of furan rings is 1. The van der Waals surface area contributed by atoms with Gasteiger partial charge in [-0.25, -0.2) is 0 Å². The van der Waals surface area contributed by atoms with Crippen molar-refractivity contribution in [1.82, 2.24) is 15.0 Å². The van der Waals surface area contributed by atoms with Gasteiger partial charge in [0.2, 0.25) is 0 Å². The maximum Gasteiger partial charge on any atom is 0.144 e. The number of para-hydroxylation sites is 1. The Bertz CT molecular complexity index is 4050. The molecule has 65 heavy (non-hydrogen) atoms. The maximum atomic E-state index is 10.2.